The molecule has 23 heavy (non-hydrogen) atoms. The molecule has 1 unspecified atom stereocenters. The predicted octanol–water partition coefficient (Wildman–Crippen LogP) is 4.14. The van der Waals surface area contributed by atoms with E-state index in [4.69, 9.17) is 21.6 Å². The zero-order chi connectivity index (χ0) is 16.4. The Morgan fingerprint density at radius 3 is 2.70 bits per heavy atom. The molecule has 0 aliphatic heterocycles. The van der Waals surface area contributed by atoms with Crippen molar-refractivity contribution < 1.29 is 4.74 Å². The number of nitriles is 1. The van der Waals surface area contributed by atoms with Gasteiger partial charge in [-0.15, -0.1) is 0 Å². The zero-order valence-corrected chi connectivity index (χ0v) is 13.1. The number of hydrogen-bond donors (Lipinski definition) is 1. The molecular formula is C18H13ClN2O2. The molecule has 3 aromatic rings. The van der Waals surface area contributed by atoms with E-state index in [1.807, 2.05) is 30.3 Å². The Bertz CT molecular complexity index is 973. The lowest BCUT2D eigenvalue weighted by Crippen LogP contribution is -2.10. The van der Waals surface area contributed by atoms with E-state index in [0.29, 0.717) is 16.2 Å². The summed E-state index contributed by atoms with van der Waals surface area (Å²) in [6, 6.07) is 14.6. The van der Waals surface area contributed by atoms with E-state index in [9.17, 15) is 4.79 Å². The molecule has 0 amide bonds. The van der Waals surface area contributed by atoms with Crippen molar-refractivity contribution in [2.24, 2.45) is 0 Å². The summed E-state index contributed by atoms with van der Waals surface area (Å²) in [5, 5.41) is 10.7. The van der Waals surface area contributed by atoms with E-state index >= 15 is 0 Å². The first-order chi connectivity index (χ1) is 11.1. The molecule has 3 rings (SSSR count). The highest BCUT2D eigenvalue weighted by Gasteiger charge is 2.11. The van der Waals surface area contributed by atoms with Gasteiger partial charge in [0.25, 0.3) is 5.56 Å². The summed E-state index contributed by atoms with van der Waals surface area (Å²) in [6.45, 7) is 1.65. The van der Waals surface area contributed by atoms with Crippen LogP contribution < -0.4 is 10.3 Å². The molecule has 0 saturated carbocycles. The highest BCUT2D eigenvalue weighted by Crippen LogP contribution is 2.32. The van der Waals surface area contributed by atoms with Crippen LogP contribution in [-0.4, -0.2) is 11.1 Å². The second kappa shape index (κ2) is 6.15. The molecule has 0 saturated heterocycles. The van der Waals surface area contributed by atoms with Gasteiger partial charge < -0.3 is 9.72 Å². The Morgan fingerprint density at radius 1 is 1.17 bits per heavy atom. The molecular weight excluding hydrogens is 312 g/mol. The standard InChI is InChI=1S/C18H13ClN2O2/c1-11(9-20)23-12-6-7-13-15(8-12)18(22)21-10-16(13)14-4-2-3-5-17(14)19/h2-8,10-11H,1H3,(H,21,22). The lowest BCUT2D eigenvalue weighted by molar-refractivity contribution is 0.277. The van der Waals surface area contributed by atoms with Crippen molar-refractivity contribution >= 4 is 22.4 Å². The fourth-order valence-electron chi connectivity index (χ4n) is 2.45. The van der Waals surface area contributed by atoms with E-state index in [1.165, 1.54) is 0 Å². The zero-order valence-electron chi connectivity index (χ0n) is 12.3. The van der Waals surface area contributed by atoms with Gasteiger partial charge in [0.05, 0.1) is 5.39 Å². The van der Waals surface area contributed by atoms with Crippen LogP contribution in [0.1, 0.15) is 6.92 Å². The number of H-pyrrole nitrogens is 1. The number of aromatic nitrogens is 1. The summed E-state index contributed by atoms with van der Waals surface area (Å²) in [5.41, 5.74) is 1.46. The fraction of sp³-hybridized carbons (Fsp3) is 0.111. The molecule has 1 aromatic heterocycles. The predicted molar refractivity (Wildman–Crippen MR) is 90.7 cm³/mol. The number of hydrogen-bond acceptors (Lipinski definition) is 3. The number of nitrogens with zero attached hydrogens (tertiary/aromatic N) is 1. The molecule has 1 atom stereocenters. The summed E-state index contributed by atoms with van der Waals surface area (Å²) in [4.78, 5) is 14.9. The van der Waals surface area contributed by atoms with Crippen molar-refractivity contribution in [1.29, 1.82) is 5.26 Å². The minimum absolute atomic E-state index is 0.217. The maximum absolute atomic E-state index is 12.1. The Balaban J connectivity index is 2.20. The Kier molecular flexibility index (Phi) is 4.05. The van der Waals surface area contributed by atoms with Crippen LogP contribution >= 0.6 is 11.6 Å². The molecule has 1 heterocycles. The molecule has 0 aliphatic carbocycles. The van der Waals surface area contributed by atoms with Crippen LogP contribution in [0.2, 0.25) is 5.02 Å². The van der Waals surface area contributed by atoms with Crippen molar-refractivity contribution in [1.82, 2.24) is 4.98 Å². The number of pyridine rings is 1. The minimum atomic E-state index is -0.585. The van der Waals surface area contributed by atoms with Gasteiger partial charge in [-0.05, 0) is 36.6 Å². The number of aromatic amines is 1. The second-order valence-electron chi connectivity index (χ2n) is 5.11. The number of halogens is 1. The summed E-state index contributed by atoms with van der Waals surface area (Å²) in [6.07, 6.45) is 1.07. The molecule has 5 heteroatoms. The summed E-state index contributed by atoms with van der Waals surface area (Å²) in [5.74, 6) is 0.480. The number of benzene rings is 2. The molecule has 0 bridgehead atoms. The van der Waals surface area contributed by atoms with Gasteiger partial charge in [0, 0.05) is 22.3 Å². The van der Waals surface area contributed by atoms with E-state index in [-0.39, 0.29) is 5.56 Å². The first kappa shape index (κ1) is 15.1. The van der Waals surface area contributed by atoms with E-state index in [0.717, 1.165) is 16.5 Å². The third-order valence-corrected chi connectivity index (χ3v) is 3.86. The monoisotopic (exact) mass is 324 g/mol. The molecule has 0 fully saturated rings. The number of rotatable bonds is 3. The van der Waals surface area contributed by atoms with Gasteiger partial charge in [-0.25, -0.2) is 0 Å². The number of fused-ring (bicyclic) bond motifs is 1. The van der Waals surface area contributed by atoms with Crippen LogP contribution in [0, 0.1) is 11.3 Å². The van der Waals surface area contributed by atoms with Crippen LogP contribution in [0.15, 0.2) is 53.5 Å². The van der Waals surface area contributed by atoms with Crippen LogP contribution in [0.4, 0.5) is 0 Å². The number of nitrogens with one attached hydrogen (secondary N) is 1. The summed E-state index contributed by atoms with van der Waals surface area (Å²) >= 11 is 6.27. The lowest BCUT2D eigenvalue weighted by Gasteiger charge is -2.11. The molecule has 4 nitrogen and oxygen atoms in total. The van der Waals surface area contributed by atoms with Crippen LogP contribution in [0.3, 0.4) is 0 Å². The maximum Gasteiger partial charge on any atom is 0.255 e. The Morgan fingerprint density at radius 2 is 1.96 bits per heavy atom. The van der Waals surface area contributed by atoms with Crippen molar-refractivity contribution in [3.8, 4) is 22.9 Å². The van der Waals surface area contributed by atoms with Crippen molar-refractivity contribution in [3.05, 3.63) is 64.0 Å². The SMILES string of the molecule is CC(C#N)Oc1ccc2c(-c3ccccc3Cl)c[nH]c(=O)c2c1. The van der Waals surface area contributed by atoms with Crippen LogP contribution in [0.5, 0.6) is 5.75 Å². The quantitative estimate of drug-likeness (QED) is 0.787. The Hall–Kier alpha value is -2.77. The minimum Gasteiger partial charge on any atom is -0.476 e. The highest BCUT2D eigenvalue weighted by atomic mass is 35.5. The van der Waals surface area contributed by atoms with Crippen LogP contribution in [-0.2, 0) is 0 Å². The molecule has 0 spiro atoms. The lowest BCUT2D eigenvalue weighted by atomic mass is 10.0. The van der Waals surface area contributed by atoms with Crippen molar-refractivity contribution in [3.63, 3.8) is 0 Å². The van der Waals surface area contributed by atoms with Crippen molar-refractivity contribution in [2.45, 2.75) is 13.0 Å². The highest BCUT2D eigenvalue weighted by molar-refractivity contribution is 6.33. The van der Waals surface area contributed by atoms with Gasteiger partial charge in [-0.1, -0.05) is 29.8 Å². The average molecular weight is 325 g/mol. The largest absolute Gasteiger partial charge is 0.476 e. The summed E-state index contributed by atoms with van der Waals surface area (Å²) in [7, 11) is 0. The summed E-state index contributed by atoms with van der Waals surface area (Å²) < 4.78 is 5.46. The van der Waals surface area contributed by atoms with E-state index in [2.05, 4.69) is 4.98 Å². The average Bonchev–Trinajstić information content (AvgIpc) is 2.56. The Labute approximate surface area is 137 Å². The van der Waals surface area contributed by atoms with Gasteiger partial charge in [-0.3, -0.25) is 4.79 Å². The van der Waals surface area contributed by atoms with Crippen LogP contribution in [0.25, 0.3) is 21.9 Å². The van der Waals surface area contributed by atoms with Gasteiger partial charge in [-0.2, -0.15) is 5.26 Å². The molecule has 1 N–H and O–H groups in total. The molecule has 0 radical (unpaired) electrons. The first-order valence-corrected chi connectivity index (χ1v) is 7.44. The third kappa shape index (κ3) is 2.92. The molecule has 2 aromatic carbocycles. The topological polar surface area (TPSA) is 65.9 Å². The normalized spacial score (nSPS) is 11.9. The number of ether oxygens (including phenoxy) is 1. The van der Waals surface area contributed by atoms with E-state index in [1.54, 1.807) is 31.3 Å². The van der Waals surface area contributed by atoms with Gasteiger partial charge in [0.15, 0.2) is 6.10 Å². The van der Waals surface area contributed by atoms with Crippen molar-refractivity contribution in [2.75, 3.05) is 0 Å². The van der Waals surface area contributed by atoms with E-state index < -0.39 is 6.10 Å². The molecule has 114 valence electrons. The third-order valence-electron chi connectivity index (χ3n) is 3.53. The van der Waals surface area contributed by atoms with Gasteiger partial charge >= 0.3 is 0 Å². The smallest absolute Gasteiger partial charge is 0.255 e. The van der Waals surface area contributed by atoms with Gasteiger partial charge in [0.2, 0.25) is 0 Å². The second-order valence-corrected chi connectivity index (χ2v) is 5.52. The fourth-order valence-corrected chi connectivity index (χ4v) is 2.68. The molecule has 0 aliphatic rings. The maximum atomic E-state index is 12.1. The van der Waals surface area contributed by atoms with Gasteiger partial charge in [0.1, 0.15) is 11.8 Å². The first-order valence-electron chi connectivity index (χ1n) is 7.07.